The van der Waals surface area contributed by atoms with Crippen LogP contribution in [-0.2, 0) is 9.53 Å². The number of ether oxygens (including phenoxy) is 1. The molecule has 70 valence electrons. The van der Waals surface area contributed by atoms with Gasteiger partial charge in [0, 0.05) is 17.5 Å². The number of rotatable bonds is 4. The summed E-state index contributed by atoms with van der Waals surface area (Å²) in [7, 11) is 0. The van der Waals surface area contributed by atoms with Crippen LogP contribution >= 0.6 is 11.6 Å². The van der Waals surface area contributed by atoms with Gasteiger partial charge >= 0.3 is 5.97 Å². The Labute approximate surface area is 77.0 Å². The van der Waals surface area contributed by atoms with Crippen molar-refractivity contribution in [2.45, 2.75) is 33.0 Å². The van der Waals surface area contributed by atoms with E-state index < -0.39 is 12.3 Å². The predicted molar refractivity (Wildman–Crippen MR) is 46.6 cm³/mol. The van der Waals surface area contributed by atoms with Crippen LogP contribution < -0.4 is 0 Å². The number of halogens is 1. The van der Waals surface area contributed by atoms with Crippen molar-refractivity contribution in [1.29, 1.82) is 0 Å². The van der Waals surface area contributed by atoms with Gasteiger partial charge in [-0.1, -0.05) is 24.9 Å². The van der Waals surface area contributed by atoms with Crippen molar-refractivity contribution < 1.29 is 14.6 Å². The first-order chi connectivity index (χ1) is 5.61. The Hall–Kier alpha value is -0.540. The molecule has 0 aromatic rings. The third-order valence-corrected chi connectivity index (χ3v) is 1.59. The fourth-order valence-corrected chi connectivity index (χ4v) is 0.656. The molecule has 0 fully saturated rings. The third kappa shape index (κ3) is 4.36. The SMILES string of the molecule is CCCC(O)OC(=O)C(C)=CCl. The number of aliphatic hydroxyl groups is 1. The molecule has 0 spiro atoms. The van der Waals surface area contributed by atoms with E-state index in [4.69, 9.17) is 16.7 Å². The topological polar surface area (TPSA) is 46.5 Å². The second-order valence-electron chi connectivity index (χ2n) is 2.44. The van der Waals surface area contributed by atoms with Crippen LogP contribution in [-0.4, -0.2) is 17.4 Å². The second kappa shape index (κ2) is 6.03. The van der Waals surface area contributed by atoms with E-state index in [1.54, 1.807) is 0 Å². The number of hydrogen-bond donors (Lipinski definition) is 1. The Morgan fingerprint density at radius 1 is 1.75 bits per heavy atom. The summed E-state index contributed by atoms with van der Waals surface area (Å²) in [5.41, 5.74) is 1.41. The molecule has 1 N–H and O–H groups in total. The summed E-state index contributed by atoms with van der Waals surface area (Å²) < 4.78 is 4.61. The van der Waals surface area contributed by atoms with Crippen molar-refractivity contribution in [2.75, 3.05) is 0 Å². The zero-order valence-electron chi connectivity index (χ0n) is 7.21. The lowest BCUT2D eigenvalue weighted by Gasteiger charge is -2.10. The van der Waals surface area contributed by atoms with E-state index in [1.807, 2.05) is 6.92 Å². The summed E-state index contributed by atoms with van der Waals surface area (Å²) in [4.78, 5) is 10.9. The molecule has 0 bridgehead atoms. The Morgan fingerprint density at radius 3 is 2.75 bits per heavy atom. The van der Waals surface area contributed by atoms with E-state index in [-0.39, 0.29) is 5.57 Å². The highest BCUT2D eigenvalue weighted by atomic mass is 35.5. The van der Waals surface area contributed by atoms with Crippen LogP contribution in [0, 0.1) is 0 Å². The van der Waals surface area contributed by atoms with E-state index in [2.05, 4.69) is 4.74 Å². The lowest BCUT2D eigenvalue weighted by molar-refractivity contribution is -0.163. The van der Waals surface area contributed by atoms with E-state index in [9.17, 15) is 4.79 Å². The van der Waals surface area contributed by atoms with Gasteiger partial charge in [-0.2, -0.15) is 0 Å². The molecule has 0 aromatic heterocycles. The van der Waals surface area contributed by atoms with Crippen molar-refractivity contribution in [1.82, 2.24) is 0 Å². The molecule has 0 saturated carbocycles. The third-order valence-electron chi connectivity index (χ3n) is 1.26. The molecule has 1 atom stereocenters. The van der Waals surface area contributed by atoms with Crippen molar-refractivity contribution in [3.63, 3.8) is 0 Å². The Balaban J connectivity index is 3.84. The quantitative estimate of drug-likeness (QED) is 0.420. The average molecular weight is 193 g/mol. The normalized spacial score (nSPS) is 14.2. The fourth-order valence-electron chi connectivity index (χ4n) is 0.567. The molecule has 0 amide bonds. The van der Waals surface area contributed by atoms with Gasteiger partial charge in [-0.3, -0.25) is 0 Å². The van der Waals surface area contributed by atoms with Crippen LogP contribution in [0.25, 0.3) is 0 Å². The fraction of sp³-hybridized carbons (Fsp3) is 0.625. The van der Waals surface area contributed by atoms with Crippen LogP contribution in [0.4, 0.5) is 0 Å². The molecule has 12 heavy (non-hydrogen) atoms. The molecule has 4 heteroatoms. The highest BCUT2D eigenvalue weighted by Crippen LogP contribution is 2.04. The maximum absolute atomic E-state index is 10.9. The van der Waals surface area contributed by atoms with Crippen molar-refractivity contribution >= 4 is 17.6 Å². The lowest BCUT2D eigenvalue weighted by atomic mass is 10.3. The number of carbonyl (C=O) groups excluding carboxylic acids is 1. The van der Waals surface area contributed by atoms with Crippen molar-refractivity contribution in [2.24, 2.45) is 0 Å². The van der Waals surface area contributed by atoms with Crippen LogP contribution in [0.1, 0.15) is 26.7 Å². The maximum Gasteiger partial charge on any atom is 0.336 e. The Kier molecular flexibility index (Phi) is 5.76. The van der Waals surface area contributed by atoms with Gasteiger partial charge in [0.1, 0.15) is 0 Å². The molecular formula is C8H13ClO3. The standard InChI is InChI=1S/C8H13ClO3/c1-3-4-7(10)12-8(11)6(2)5-9/h5,7,10H,3-4H2,1-2H3. The molecule has 0 aromatic carbocycles. The molecular weight excluding hydrogens is 180 g/mol. The van der Waals surface area contributed by atoms with Gasteiger partial charge in [-0.25, -0.2) is 4.79 Å². The maximum atomic E-state index is 10.9. The first kappa shape index (κ1) is 11.5. The lowest BCUT2D eigenvalue weighted by Crippen LogP contribution is -2.17. The molecule has 1 unspecified atom stereocenters. The molecule has 0 rings (SSSR count). The zero-order chi connectivity index (χ0) is 9.56. The van der Waals surface area contributed by atoms with E-state index in [0.717, 1.165) is 12.0 Å². The van der Waals surface area contributed by atoms with E-state index in [1.165, 1.54) is 6.92 Å². The summed E-state index contributed by atoms with van der Waals surface area (Å²) >= 11 is 5.26. The minimum atomic E-state index is -1.02. The van der Waals surface area contributed by atoms with Gasteiger partial charge in [0.05, 0.1) is 0 Å². The first-order valence-electron chi connectivity index (χ1n) is 3.77. The number of hydrogen-bond acceptors (Lipinski definition) is 3. The number of carbonyl (C=O) groups is 1. The van der Waals surface area contributed by atoms with Crippen LogP contribution in [0.15, 0.2) is 11.1 Å². The predicted octanol–water partition coefficient (Wildman–Crippen LogP) is 1.79. The molecule has 3 nitrogen and oxygen atoms in total. The number of aliphatic hydroxyl groups excluding tert-OH is 1. The molecule has 0 saturated heterocycles. The largest absolute Gasteiger partial charge is 0.433 e. The van der Waals surface area contributed by atoms with Gasteiger partial charge < -0.3 is 9.84 Å². The molecule has 0 aliphatic rings. The molecule has 0 heterocycles. The monoisotopic (exact) mass is 192 g/mol. The second-order valence-corrected chi connectivity index (χ2v) is 2.66. The first-order valence-corrected chi connectivity index (χ1v) is 4.21. The van der Waals surface area contributed by atoms with Gasteiger partial charge in [0.25, 0.3) is 0 Å². The zero-order valence-corrected chi connectivity index (χ0v) is 7.97. The van der Waals surface area contributed by atoms with Gasteiger partial charge in [0.15, 0.2) is 0 Å². The Morgan fingerprint density at radius 2 is 2.33 bits per heavy atom. The number of esters is 1. The summed E-state index contributed by atoms with van der Waals surface area (Å²) in [5, 5.41) is 9.05. The van der Waals surface area contributed by atoms with E-state index >= 15 is 0 Å². The van der Waals surface area contributed by atoms with Gasteiger partial charge in [-0.05, 0) is 6.92 Å². The summed E-state index contributed by atoms with van der Waals surface area (Å²) in [5.74, 6) is -0.578. The summed E-state index contributed by atoms with van der Waals surface area (Å²) in [6.45, 7) is 3.41. The minimum Gasteiger partial charge on any atom is -0.433 e. The average Bonchev–Trinajstić information content (AvgIpc) is 2.03. The van der Waals surface area contributed by atoms with Crippen LogP contribution in [0.2, 0.25) is 0 Å². The van der Waals surface area contributed by atoms with Crippen LogP contribution in [0.5, 0.6) is 0 Å². The van der Waals surface area contributed by atoms with Crippen molar-refractivity contribution in [3.05, 3.63) is 11.1 Å². The highest BCUT2D eigenvalue weighted by Gasteiger charge is 2.10. The smallest absolute Gasteiger partial charge is 0.336 e. The summed E-state index contributed by atoms with van der Waals surface area (Å²) in [6.07, 6.45) is 0.188. The molecule has 0 aliphatic heterocycles. The minimum absolute atomic E-state index is 0.284. The van der Waals surface area contributed by atoms with Crippen molar-refractivity contribution in [3.8, 4) is 0 Å². The van der Waals surface area contributed by atoms with Gasteiger partial charge in [-0.15, -0.1) is 0 Å². The van der Waals surface area contributed by atoms with E-state index in [0.29, 0.717) is 6.42 Å². The highest BCUT2D eigenvalue weighted by molar-refractivity contribution is 6.27. The molecule has 0 aliphatic carbocycles. The Bertz CT molecular complexity index is 177. The van der Waals surface area contributed by atoms with Gasteiger partial charge in [0.2, 0.25) is 6.29 Å². The summed E-state index contributed by atoms with van der Waals surface area (Å²) in [6, 6.07) is 0. The van der Waals surface area contributed by atoms with Crippen LogP contribution in [0.3, 0.4) is 0 Å². The molecule has 0 radical (unpaired) electrons.